The Morgan fingerprint density at radius 1 is 1.27 bits per heavy atom. The van der Waals surface area contributed by atoms with E-state index in [2.05, 4.69) is 26.0 Å². The Morgan fingerprint density at radius 2 is 1.87 bits per heavy atom. The maximum Gasteiger partial charge on any atom is 0.221 e. The summed E-state index contributed by atoms with van der Waals surface area (Å²) in [6, 6.07) is 8.27. The highest BCUT2D eigenvalue weighted by molar-refractivity contribution is 6.63. The molecular formula is C13H17ClO. The number of hydrogen-bond acceptors (Lipinski definition) is 1. The van der Waals surface area contributed by atoms with E-state index in [-0.39, 0.29) is 5.24 Å². The van der Waals surface area contributed by atoms with Crippen LogP contribution in [0, 0.1) is 5.92 Å². The zero-order chi connectivity index (χ0) is 11.3. The predicted octanol–water partition coefficient (Wildman–Crippen LogP) is 3.58. The van der Waals surface area contributed by atoms with E-state index in [1.807, 2.05) is 12.1 Å². The van der Waals surface area contributed by atoms with Crippen molar-refractivity contribution in [1.82, 2.24) is 0 Å². The summed E-state index contributed by atoms with van der Waals surface area (Å²) >= 11 is 5.35. The summed E-state index contributed by atoms with van der Waals surface area (Å²) in [7, 11) is 0. The highest BCUT2D eigenvalue weighted by Gasteiger charge is 2.05. The van der Waals surface area contributed by atoms with Gasteiger partial charge in [0.15, 0.2) is 0 Å². The van der Waals surface area contributed by atoms with E-state index >= 15 is 0 Å². The molecule has 0 aliphatic heterocycles. The molecule has 0 atom stereocenters. The van der Waals surface area contributed by atoms with E-state index in [0.717, 1.165) is 12.8 Å². The summed E-state index contributed by atoms with van der Waals surface area (Å²) in [5.41, 5.74) is 2.59. The molecule has 0 fully saturated rings. The largest absolute Gasteiger partial charge is 0.281 e. The first-order chi connectivity index (χ1) is 7.09. The number of aryl methyl sites for hydroxylation is 1. The molecule has 0 bridgehead atoms. The number of benzene rings is 1. The van der Waals surface area contributed by atoms with E-state index in [1.54, 1.807) is 0 Å². The van der Waals surface area contributed by atoms with Gasteiger partial charge in [-0.3, -0.25) is 4.79 Å². The van der Waals surface area contributed by atoms with Crippen LogP contribution in [0.4, 0.5) is 0 Å². The molecule has 0 aliphatic rings. The van der Waals surface area contributed by atoms with Crippen LogP contribution in [0.2, 0.25) is 0 Å². The molecule has 1 rings (SSSR count). The van der Waals surface area contributed by atoms with Crippen LogP contribution in [0.1, 0.15) is 31.4 Å². The summed E-state index contributed by atoms with van der Waals surface area (Å²) in [4.78, 5) is 10.7. The van der Waals surface area contributed by atoms with Gasteiger partial charge in [0.25, 0.3) is 0 Å². The Morgan fingerprint density at radius 3 is 2.40 bits per heavy atom. The molecular weight excluding hydrogens is 208 g/mol. The molecule has 0 heterocycles. The summed E-state index contributed by atoms with van der Waals surface area (Å²) in [6.07, 6.45) is 2.24. The maximum atomic E-state index is 10.7. The van der Waals surface area contributed by atoms with E-state index in [9.17, 15) is 4.79 Å². The van der Waals surface area contributed by atoms with E-state index in [4.69, 9.17) is 11.6 Å². The Kier molecular flexibility index (Phi) is 4.83. The van der Waals surface area contributed by atoms with Gasteiger partial charge in [0.2, 0.25) is 5.24 Å². The van der Waals surface area contributed by atoms with Crippen LogP contribution in [0.15, 0.2) is 24.3 Å². The third-order valence-corrected chi connectivity index (χ3v) is 2.53. The van der Waals surface area contributed by atoms with Crippen molar-refractivity contribution in [2.45, 2.75) is 33.1 Å². The normalized spacial score (nSPS) is 10.7. The molecule has 0 saturated heterocycles. The monoisotopic (exact) mass is 224 g/mol. The van der Waals surface area contributed by atoms with Crippen molar-refractivity contribution in [2.24, 2.45) is 5.92 Å². The first kappa shape index (κ1) is 12.3. The number of carbonyl (C=O) groups excluding carboxylic acids is 1. The van der Waals surface area contributed by atoms with Gasteiger partial charge >= 0.3 is 0 Å². The average Bonchev–Trinajstić information content (AvgIpc) is 2.15. The minimum Gasteiger partial charge on any atom is -0.281 e. The van der Waals surface area contributed by atoms with Crippen molar-refractivity contribution in [3.63, 3.8) is 0 Å². The lowest BCUT2D eigenvalue weighted by Crippen LogP contribution is -2.01. The molecule has 2 heteroatoms. The van der Waals surface area contributed by atoms with Gasteiger partial charge < -0.3 is 0 Å². The molecule has 0 amide bonds. The molecule has 0 spiro atoms. The first-order valence-electron chi connectivity index (χ1n) is 5.34. The maximum absolute atomic E-state index is 10.7. The van der Waals surface area contributed by atoms with Gasteiger partial charge in [0.1, 0.15) is 0 Å². The van der Waals surface area contributed by atoms with Crippen molar-refractivity contribution in [1.29, 1.82) is 0 Å². The highest BCUT2D eigenvalue weighted by atomic mass is 35.5. The number of carbonyl (C=O) groups is 1. The number of rotatable bonds is 5. The Bertz CT molecular complexity index is 331. The number of hydrogen-bond donors (Lipinski definition) is 0. The van der Waals surface area contributed by atoms with Crippen LogP contribution in [-0.4, -0.2) is 5.24 Å². The van der Waals surface area contributed by atoms with Gasteiger partial charge in [-0.15, -0.1) is 0 Å². The van der Waals surface area contributed by atoms with Crippen LogP contribution in [0.3, 0.4) is 0 Å². The standard InChI is InChI=1S/C13H17ClO/c1-10(2)9-12-6-4-3-5-11(12)7-8-13(14)15/h3-6,10H,7-9H2,1-2H3. The van der Waals surface area contributed by atoms with Crippen molar-refractivity contribution in [3.05, 3.63) is 35.4 Å². The van der Waals surface area contributed by atoms with Gasteiger partial charge in [-0.05, 0) is 41.5 Å². The average molecular weight is 225 g/mol. The minimum absolute atomic E-state index is 0.255. The second-order valence-corrected chi connectivity index (χ2v) is 4.64. The lowest BCUT2D eigenvalue weighted by molar-refractivity contribution is -0.111. The molecule has 0 unspecified atom stereocenters. The highest BCUT2D eigenvalue weighted by Crippen LogP contribution is 2.15. The third kappa shape index (κ3) is 4.48. The molecule has 82 valence electrons. The summed E-state index contributed by atoms with van der Waals surface area (Å²) in [5, 5.41) is -0.255. The van der Waals surface area contributed by atoms with E-state index < -0.39 is 0 Å². The zero-order valence-corrected chi connectivity index (χ0v) is 10.1. The quantitative estimate of drug-likeness (QED) is 0.699. The van der Waals surface area contributed by atoms with Crippen LogP contribution in [0.25, 0.3) is 0 Å². The third-order valence-electron chi connectivity index (χ3n) is 2.34. The molecule has 1 aromatic rings. The van der Waals surface area contributed by atoms with Gasteiger partial charge in [0.05, 0.1) is 0 Å². The molecule has 0 aliphatic carbocycles. The summed E-state index contributed by atoms with van der Waals surface area (Å²) in [5.74, 6) is 0.637. The molecule has 0 aromatic heterocycles. The van der Waals surface area contributed by atoms with Crippen molar-refractivity contribution < 1.29 is 4.79 Å². The fraction of sp³-hybridized carbons (Fsp3) is 0.462. The fourth-order valence-electron chi connectivity index (χ4n) is 1.67. The van der Waals surface area contributed by atoms with E-state index in [0.29, 0.717) is 12.3 Å². The Hall–Kier alpha value is -0.820. The predicted molar refractivity (Wildman–Crippen MR) is 64.2 cm³/mol. The summed E-state index contributed by atoms with van der Waals surface area (Å²) < 4.78 is 0. The van der Waals surface area contributed by atoms with Crippen LogP contribution >= 0.6 is 11.6 Å². The number of halogens is 1. The molecule has 15 heavy (non-hydrogen) atoms. The van der Waals surface area contributed by atoms with Gasteiger partial charge in [0, 0.05) is 6.42 Å². The summed E-state index contributed by atoms with van der Waals surface area (Å²) in [6.45, 7) is 4.40. The lowest BCUT2D eigenvalue weighted by atomic mass is 9.96. The van der Waals surface area contributed by atoms with Crippen molar-refractivity contribution in [2.75, 3.05) is 0 Å². The van der Waals surface area contributed by atoms with Crippen molar-refractivity contribution >= 4 is 16.8 Å². The molecule has 1 nitrogen and oxygen atoms in total. The smallest absolute Gasteiger partial charge is 0.221 e. The zero-order valence-electron chi connectivity index (χ0n) is 9.29. The van der Waals surface area contributed by atoms with Crippen LogP contribution in [-0.2, 0) is 17.6 Å². The fourth-order valence-corrected chi connectivity index (χ4v) is 1.77. The van der Waals surface area contributed by atoms with Gasteiger partial charge in [-0.25, -0.2) is 0 Å². The Labute approximate surface area is 96.5 Å². The van der Waals surface area contributed by atoms with E-state index in [1.165, 1.54) is 11.1 Å². The van der Waals surface area contributed by atoms with Crippen LogP contribution in [0.5, 0.6) is 0 Å². The molecule has 0 radical (unpaired) electrons. The first-order valence-corrected chi connectivity index (χ1v) is 5.72. The molecule has 1 aromatic carbocycles. The van der Waals surface area contributed by atoms with Crippen LogP contribution < -0.4 is 0 Å². The van der Waals surface area contributed by atoms with Gasteiger partial charge in [-0.1, -0.05) is 38.1 Å². The van der Waals surface area contributed by atoms with Crippen molar-refractivity contribution in [3.8, 4) is 0 Å². The SMILES string of the molecule is CC(C)Cc1ccccc1CCC(=O)Cl. The molecule has 0 saturated carbocycles. The van der Waals surface area contributed by atoms with Gasteiger partial charge in [-0.2, -0.15) is 0 Å². The molecule has 0 N–H and O–H groups in total. The second-order valence-electron chi connectivity index (χ2n) is 4.22. The minimum atomic E-state index is -0.255. The lowest BCUT2D eigenvalue weighted by Gasteiger charge is -2.10. The topological polar surface area (TPSA) is 17.1 Å². The Balaban J connectivity index is 2.72. The second kappa shape index (κ2) is 5.92.